The minimum Gasteiger partial charge on any atom is -0.400 e. The average molecular weight is 130 g/mol. The van der Waals surface area contributed by atoms with Gasteiger partial charge < -0.3 is 19.8 Å². The van der Waals surface area contributed by atoms with E-state index in [1.807, 2.05) is 0 Å². The molecule has 0 spiro atoms. The molecule has 0 radical (unpaired) electrons. The monoisotopic (exact) mass is 130 g/mol. The summed E-state index contributed by atoms with van der Waals surface area (Å²) in [4.78, 5) is 21.6. The first-order chi connectivity index (χ1) is 3.00. The van der Waals surface area contributed by atoms with Crippen LogP contribution in [0.25, 0.3) is 0 Å². The first-order valence-electron chi connectivity index (χ1n) is 1.23. The van der Waals surface area contributed by atoms with E-state index >= 15 is 0 Å². The normalized spacial score (nSPS) is 9.29. The Morgan fingerprint density at radius 1 is 1.14 bits per heavy atom. The predicted molar refractivity (Wildman–Crippen MR) is 22.4 cm³/mol. The van der Waals surface area contributed by atoms with Crippen LogP contribution in [0.1, 0.15) is 0 Å². The maximum atomic E-state index is 8.88. The van der Waals surface area contributed by atoms with Crippen LogP contribution >= 0.6 is 7.82 Å². The molecule has 0 aromatic heterocycles. The van der Waals surface area contributed by atoms with Gasteiger partial charge in [-0.2, -0.15) is 0 Å². The first-order valence-corrected chi connectivity index (χ1v) is 2.79. The highest BCUT2D eigenvalue weighted by atomic mass is 31.2. The molecule has 0 heterocycles. The van der Waals surface area contributed by atoms with Crippen molar-refractivity contribution in [3.05, 3.63) is 0 Å². The molecule has 0 aliphatic heterocycles. The summed E-state index contributed by atoms with van der Waals surface area (Å²) in [5, 5.41) is 7.00. The second kappa shape index (κ2) is 4.23. The van der Waals surface area contributed by atoms with E-state index in [2.05, 4.69) is 0 Å². The lowest BCUT2D eigenvalue weighted by atomic mass is 11.8. The third kappa shape index (κ3) is 20500. The van der Waals surface area contributed by atoms with Gasteiger partial charge in [-0.1, -0.05) is 0 Å². The molecule has 7 heavy (non-hydrogen) atoms. The summed E-state index contributed by atoms with van der Waals surface area (Å²) in [6.07, 6.45) is 0. The highest BCUT2D eigenvalue weighted by Crippen LogP contribution is 2.25. The number of aliphatic hydroxyl groups is 1. The second-order valence-corrected chi connectivity index (χ2v) is 1.54. The van der Waals surface area contributed by atoms with Gasteiger partial charge in [-0.15, -0.1) is 0 Å². The first kappa shape index (κ1) is 10.1. The number of hydrogen-bond acceptors (Lipinski definition) is 2. The van der Waals surface area contributed by atoms with Crippen molar-refractivity contribution in [3.63, 3.8) is 0 Å². The molecule has 0 fully saturated rings. The van der Waals surface area contributed by atoms with Gasteiger partial charge in [0.25, 0.3) is 0 Å². The van der Waals surface area contributed by atoms with Crippen LogP contribution in [0, 0.1) is 0 Å². The van der Waals surface area contributed by atoms with Gasteiger partial charge in [-0.3, -0.25) is 0 Å². The highest BCUT2D eigenvalue weighted by molar-refractivity contribution is 7.45. The summed E-state index contributed by atoms with van der Waals surface area (Å²) >= 11 is 0. The van der Waals surface area contributed by atoms with Crippen LogP contribution < -0.4 is 0 Å². The lowest BCUT2D eigenvalue weighted by molar-refractivity contribution is 0.275. The smallest absolute Gasteiger partial charge is 0.400 e. The minimum absolute atomic E-state index is 1.00. The number of phosphoric acid groups is 1. The van der Waals surface area contributed by atoms with Gasteiger partial charge in [0, 0.05) is 7.11 Å². The van der Waals surface area contributed by atoms with Crippen LogP contribution in [0.5, 0.6) is 0 Å². The van der Waals surface area contributed by atoms with Gasteiger partial charge in [0.1, 0.15) is 0 Å². The number of hydrogen-bond donors (Lipinski definition) is 4. The van der Waals surface area contributed by atoms with Crippen LogP contribution in [0.15, 0.2) is 0 Å². The Morgan fingerprint density at radius 3 is 1.14 bits per heavy atom. The molecular weight excluding hydrogens is 123 g/mol. The molecule has 4 N–H and O–H groups in total. The molecule has 0 unspecified atom stereocenters. The van der Waals surface area contributed by atoms with E-state index in [0.29, 0.717) is 0 Å². The molecule has 6 heteroatoms. The molecular formula is CH7O5P. The third-order valence-corrected chi connectivity index (χ3v) is 0. The van der Waals surface area contributed by atoms with Gasteiger partial charge in [0.05, 0.1) is 0 Å². The van der Waals surface area contributed by atoms with Crippen molar-refractivity contribution in [1.82, 2.24) is 0 Å². The van der Waals surface area contributed by atoms with Gasteiger partial charge in [-0.25, -0.2) is 4.57 Å². The van der Waals surface area contributed by atoms with Gasteiger partial charge >= 0.3 is 7.82 Å². The Kier molecular flexibility index (Phi) is 6.13. The fraction of sp³-hybridized carbons (Fsp3) is 1.00. The number of rotatable bonds is 0. The third-order valence-electron chi connectivity index (χ3n) is 0. The molecule has 0 saturated carbocycles. The van der Waals surface area contributed by atoms with Crippen LogP contribution in [-0.2, 0) is 4.57 Å². The summed E-state index contributed by atoms with van der Waals surface area (Å²) < 4.78 is 8.88. The Balaban J connectivity index is 0. The molecule has 46 valence electrons. The summed E-state index contributed by atoms with van der Waals surface area (Å²) in [6, 6.07) is 0. The molecule has 0 aromatic rings. The van der Waals surface area contributed by atoms with Crippen molar-refractivity contribution in [1.29, 1.82) is 0 Å². The molecule has 0 aromatic carbocycles. The Morgan fingerprint density at radius 2 is 1.14 bits per heavy atom. The minimum atomic E-state index is -4.64. The average Bonchev–Trinajstić information content (AvgIpc) is 1.36. The zero-order valence-corrected chi connectivity index (χ0v) is 4.54. The van der Waals surface area contributed by atoms with E-state index in [9.17, 15) is 0 Å². The van der Waals surface area contributed by atoms with Crippen LogP contribution in [0.2, 0.25) is 0 Å². The molecule has 0 atom stereocenters. The van der Waals surface area contributed by atoms with E-state index in [4.69, 9.17) is 24.4 Å². The van der Waals surface area contributed by atoms with Crippen LogP contribution in [0.3, 0.4) is 0 Å². The zero-order valence-electron chi connectivity index (χ0n) is 3.64. The van der Waals surface area contributed by atoms with Crippen LogP contribution in [-0.4, -0.2) is 26.9 Å². The fourth-order valence-electron chi connectivity index (χ4n) is 0. The van der Waals surface area contributed by atoms with E-state index in [0.717, 1.165) is 7.11 Å². The van der Waals surface area contributed by atoms with Crippen molar-refractivity contribution in [2.45, 2.75) is 0 Å². The lowest BCUT2D eigenvalue weighted by Crippen LogP contribution is -1.66. The summed E-state index contributed by atoms with van der Waals surface area (Å²) in [7, 11) is -3.64. The van der Waals surface area contributed by atoms with E-state index in [-0.39, 0.29) is 0 Å². The summed E-state index contributed by atoms with van der Waals surface area (Å²) in [5.41, 5.74) is 0. The Hall–Kier alpha value is 0.0700. The van der Waals surface area contributed by atoms with Crippen LogP contribution in [0.4, 0.5) is 0 Å². The molecule has 5 nitrogen and oxygen atoms in total. The summed E-state index contributed by atoms with van der Waals surface area (Å²) in [6.45, 7) is 0. The van der Waals surface area contributed by atoms with Gasteiger partial charge in [0.15, 0.2) is 0 Å². The molecule has 0 aliphatic rings. The maximum Gasteiger partial charge on any atom is 0.466 e. The predicted octanol–water partition coefficient (Wildman–Crippen LogP) is -1.32. The van der Waals surface area contributed by atoms with Crippen molar-refractivity contribution < 1.29 is 24.4 Å². The van der Waals surface area contributed by atoms with Crippen molar-refractivity contribution >= 4 is 7.82 Å². The lowest BCUT2D eigenvalue weighted by Gasteiger charge is -1.82. The van der Waals surface area contributed by atoms with E-state index < -0.39 is 7.82 Å². The fourth-order valence-corrected chi connectivity index (χ4v) is 0. The number of aliphatic hydroxyl groups excluding tert-OH is 1. The van der Waals surface area contributed by atoms with E-state index in [1.165, 1.54) is 0 Å². The van der Waals surface area contributed by atoms with Gasteiger partial charge in [-0.05, 0) is 0 Å². The standard InChI is InChI=1S/CH4O.H3O4P/c1-2;1-5(2,3)4/h2H,1H3;(H3,1,2,3,4). The van der Waals surface area contributed by atoms with Crippen molar-refractivity contribution in [2.75, 3.05) is 7.11 Å². The molecule has 0 amide bonds. The summed E-state index contributed by atoms with van der Waals surface area (Å²) in [5.74, 6) is 0. The van der Waals surface area contributed by atoms with Crippen molar-refractivity contribution in [2.24, 2.45) is 0 Å². The Bertz CT molecular complexity index is 54.2. The highest BCUT2D eigenvalue weighted by Gasteiger charge is 2.00. The molecule has 0 saturated heterocycles. The topological polar surface area (TPSA) is 98.0 Å². The molecule has 0 aliphatic carbocycles. The SMILES string of the molecule is CO.O=P(O)(O)O. The maximum absolute atomic E-state index is 8.88. The largest absolute Gasteiger partial charge is 0.466 e. The van der Waals surface area contributed by atoms with Gasteiger partial charge in [0.2, 0.25) is 0 Å². The molecule has 0 bridgehead atoms. The zero-order chi connectivity index (χ0) is 6.50. The quantitative estimate of drug-likeness (QED) is 0.305. The Labute approximate surface area is 40.5 Å². The second-order valence-electron chi connectivity index (χ2n) is 0.513. The van der Waals surface area contributed by atoms with E-state index in [1.54, 1.807) is 0 Å². The molecule has 0 rings (SSSR count). The van der Waals surface area contributed by atoms with Crippen molar-refractivity contribution in [3.8, 4) is 0 Å².